The first-order chi connectivity index (χ1) is 11.8. The van der Waals surface area contributed by atoms with Gasteiger partial charge in [-0.2, -0.15) is 13.2 Å². The standard InChI is InChI=1S/C16H24F3N5O.HI/c1-3-20-15(22-10-8-16(17,18)19)23-12-14(25)24(2)11-7-13-6-4-5-9-21-13;/h4-6,9H,3,7-8,10-12H2,1-2H3,(H2,20,22,23);1H. The van der Waals surface area contributed by atoms with Crippen LogP contribution in [0.5, 0.6) is 0 Å². The number of aliphatic imine (C=N–C) groups is 1. The van der Waals surface area contributed by atoms with Crippen molar-refractivity contribution in [2.24, 2.45) is 4.99 Å². The van der Waals surface area contributed by atoms with Gasteiger partial charge >= 0.3 is 6.18 Å². The predicted octanol–water partition coefficient (Wildman–Crippen LogP) is 2.21. The predicted molar refractivity (Wildman–Crippen MR) is 106 cm³/mol. The SMILES string of the molecule is CCNC(=NCC(=O)N(C)CCc1ccccn1)NCCC(F)(F)F.I. The normalized spacial score (nSPS) is 11.5. The summed E-state index contributed by atoms with van der Waals surface area (Å²) in [5.41, 5.74) is 0.882. The van der Waals surface area contributed by atoms with Gasteiger partial charge in [0.05, 0.1) is 6.42 Å². The van der Waals surface area contributed by atoms with Crippen LogP contribution in [0.15, 0.2) is 29.4 Å². The summed E-state index contributed by atoms with van der Waals surface area (Å²) >= 11 is 0. The molecule has 1 aromatic rings. The third-order valence-electron chi connectivity index (χ3n) is 3.27. The van der Waals surface area contributed by atoms with Gasteiger partial charge in [-0.3, -0.25) is 9.78 Å². The average Bonchev–Trinajstić information content (AvgIpc) is 2.57. The van der Waals surface area contributed by atoms with Gasteiger partial charge in [0.25, 0.3) is 0 Å². The van der Waals surface area contributed by atoms with Crippen molar-refractivity contribution < 1.29 is 18.0 Å². The highest BCUT2D eigenvalue weighted by Crippen LogP contribution is 2.17. The highest BCUT2D eigenvalue weighted by molar-refractivity contribution is 14.0. The maximum absolute atomic E-state index is 12.2. The van der Waals surface area contributed by atoms with Crippen LogP contribution in [0.1, 0.15) is 19.0 Å². The molecule has 0 aliphatic carbocycles. The first kappa shape index (κ1) is 24.4. The molecule has 1 aromatic heterocycles. The fourth-order valence-electron chi connectivity index (χ4n) is 1.88. The van der Waals surface area contributed by atoms with Gasteiger partial charge in [0.1, 0.15) is 6.54 Å². The summed E-state index contributed by atoms with van der Waals surface area (Å²) in [7, 11) is 1.66. The number of pyridine rings is 1. The molecule has 0 atom stereocenters. The molecule has 0 saturated carbocycles. The van der Waals surface area contributed by atoms with Crippen LogP contribution in [0.2, 0.25) is 0 Å². The average molecular weight is 487 g/mol. The molecule has 0 aliphatic heterocycles. The van der Waals surface area contributed by atoms with Crippen LogP contribution in [0, 0.1) is 0 Å². The fraction of sp³-hybridized carbons (Fsp3) is 0.562. The Morgan fingerprint density at radius 1 is 1.31 bits per heavy atom. The summed E-state index contributed by atoms with van der Waals surface area (Å²) in [5, 5.41) is 5.38. The zero-order valence-electron chi connectivity index (χ0n) is 14.8. The molecule has 0 radical (unpaired) electrons. The molecule has 2 N–H and O–H groups in total. The number of carbonyl (C=O) groups is 1. The van der Waals surface area contributed by atoms with Crippen molar-refractivity contribution in [1.29, 1.82) is 0 Å². The second-order valence-corrected chi connectivity index (χ2v) is 5.37. The van der Waals surface area contributed by atoms with E-state index in [9.17, 15) is 18.0 Å². The number of rotatable bonds is 8. The third kappa shape index (κ3) is 11.1. The number of halogens is 4. The zero-order chi connectivity index (χ0) is 18.7. The molecule has 1 amide bonds. The summed E-state index contributed by atoms with van der Waals surface area (Å²) in [6.07, 6.45) is -2.88. The number of alkyl halides is 3. The van der Waals surface area contributed by atoms with Crippen molar-refractivity contribution in [3.63, 3.8) is 0 Å². The van der Waals surface area contributed by atoms with Crippen molar-refractivity contribution in [3.8, 4) is 0 Å². The molecule has 0 fully saturated rings. The number of amides is 1. The number of likely N-dealkylation sites (N-methyl/N-ethyl adjacent to an activating group) is 1. The molecule has 1 rings (SSSR count). The monoisotopic (exact) mass is 487 g/mol. The van der Waals surface area contributed by atoms with E-state index in [1.165, 1.54) is 4.90 Å². The Morgan fingerprint density at radius 3 is 2.62 bits per heavy atom. The molecule has 0 spiro atoms. The van der Waals surface area contributed by atoms with E-state index in [4.69, 9.17) is 0 Å². The van der Waals surface area contributed by atoms with Crippen molar-refractivity contribution in [2.75, 3.05) is 33.2 Å². The molecule has 26 heavy (non-hydrogen) atoms. The molecular weight excluding hydrogens is 462 g/mol. The van der Waals surface area contributed by atoms with Crippen LogP contribution in [-0.2, 0) is 11.2 Å². The molecular formula is C16H25F3IN5O. The molecule has 0 aliphatic rings. The van der Waals surface area contributed by atoms with E-state index < -0.39 is 12.6 Å². The quantitative estimate of drug-likeness (QED) is 0.335. The molecule has 6 nitrogen and oxygen atoms in total. The molecule has 0 saturated heterocycles. The topological polar surface area (TPSA) is 69.6 Å². The lowest BCUT2D eigenvalue weighted by Gasteiger charge is -2.17. The minimum atomic E-state index is -4.23. The van der Waals surface area contributed by atoms with Gasteiger partial charge in [-0.05, 0) is 19.1 Å². The molecule has 148 valence electrons. The van der Waals surface area contributed by atoms with E-state index in [1.807, 2.05) is 18.2 Å². The lowest BCUT2D eigenvalue weighted by molar-refractivity contribution is -0.133. The Labute approximate surface area is 168 Å². The first-order valence-corrected chi connectivity index (χ1v) is 8.04. The minimum Gasteiger partial charge on any atom is -0.357 e. The van der Waals surface area contributed by atoms with Crippen LogP contribution in [-0.4, -0.2) is 61.2 Å². The van der Waals surface area contributed by atoms with E-state index in [-0.39, 0.29) is 48.9 Å². The summed E-state index contributed by atoms with van der Waals surface area (Å²) in [4.78, 5) is 21.8. The maximum Gasteiger partial charge on any atom is 0.390 e. The Kier molecular flexibility index (Phi) is 11.9. The van der Waals surface area contributed by atoms with Crippen molar-refractivity contribution >= 4 is 35.8 Å². The number of guanidine groups is 1. The van der Waals surface area contributed by atoms with Gasteiger partial charge in [-0.15, -0.1) is 24.0 Å². The van der Waals surface area contributed by atoms with Crippen LogP contribution in [0.4, 0.5) is 13.2 Å². The first-order valence-electron chi connectivity index (χ1n) is 8.04. The van der Waals surface area contributed by atoms with Crippen LogP contribution >= 0.6 is 24.0 Å². The van der Waals surface area contributed by atoms with Gasteiger partial charge in [-0.25, -0.2) is 4.99 Å². The van der Waals surface area contributed by atoms with Gasteiger partial charge < -0.3 is 15.5 Å². The number of aromatic nitrogens is 1. The molecule has 0 aromatic carbocycles. The largest absolute Gasteiger partial charge is 0.390 e. The molecule has 0 bridgehead atoms. The Hall–Kier alpha value is -1.59. The van der Waals surface area contributed by atoms with Crippen molar-refractivity contribution in [1.82, 2.24) is 20.5 Å². The van der Waals surface area contributed by atoms with Crippen LogP contribution in [0.3, 0.4) is 0 Å². The molecule has 1 heterocycles. The Balaban J connectivity index is 0.00000625. The maximum atomic E-state index is 12.2. The Morgan fingerprint density at radius 2 is 2.04 bits per heavy atom. The second kappa shape index (κ2) is 12.7. The fourth-order valence-corrected chi connectivity index (χ4v) is 1.88. The third-order valence-corrected chi connectivity index (χ3v) is 3.27. The summed E-state index contributed by atoms with van der Waals surface area (Å²) in [5.74, 6) is -0.0258. The minimum absolute atomic E-state index is 0. The van der Waals surface area contributed by atoms with Crippen LogP contribution < -0.4 is 10.6 Å². The van der Waals surface area contributed by atoms with E-state index in [0.717, 1.165) is 5.69 Å². The summed E-state index contributed by atoms with van der Waals surface area (Å²) in [6.45, 7) is 2.34. The van der Waals surface area contributed by atoms with E-state index in [2.05, 4.69) is 20.6 Å². The van der Waals surface area contributed by atoms with Gasteiger partial charge in [0.2, 0.25) is 5.91 Å². The number of nitrogens with zero attached hydrogens (tertiary/aromatic N) is 3. The van der Waals surface area contributed by atoms with Gasteiger partial charge in [0, 0.05) is 45.0 Å². The van der Waals surface area contributed by atoms with Crippen molar-refractivity contribution in [2.45, 2.75) is 25.9 Å². The van der Waals surface area contributed by atoms with E-state index in [1.54, 1.807) is 20.2 Å². The Bertz CT molecular complexity index is 555. The summed E-state index contributed by atoms with van der Waals surface area (Å²) < 4.78 is 36.5. The number of nitrogens with one attached hydrogen (secondary N) is 2. The lowest BCUT2D eigenvalue weighted by Crippen LogP contribution is -2.40. The van der Waals surface area contributed by atoms with E-state index in [0.29, 0.717) is 19.5 Å². The molecule has 0 unspecified atom stereocenters. The molecule has 10 heteroatoms. The highest BCUT2D eigenvalue weighted by Gasteiger charge is 2.26. The highest BCUT2D eigenvalue weighted by atomic mass is 127. The van der Waals surface area contributed by atoms with E-state index >= 15 is 0 Å². The number of hydrogen-bond donors (Lipinski definition) is 2. The number of hydrogen-bond acceptors (Lipinski definition) is 3. The van der Waals surface area contributed by atoms with Crippen molar-refractivity contribution in [3.05, 3.63) is 30.1 Å². The smallest absolute Gasteiger partial charge is 0.357 e. The number of carbonyl (C=O) groups excluding carboxylic acids is 1. The summed E-state index contributed by atoms with van der Waals surface area (Å²) in [6, 6.07) is 5.58. The van der Waals surface area contributed by atoms with Gasteiger partial charge in [0.15, 0.2) is 5.96 Å². The lowest BCUT2D eigenvalue weighted by atomic mass is 10.2. The van der Waals surface area contributed by atoms with Crippen LogP contribution in [0.25, 0.3) is 0 Å². The second-order valence-electron chi connectivity index (χ2n) is 5.37. The van der Waals surface area contributed by atoms with Gasteiger partial charge in [-0.1, -0.05) is 6.07 Å². The zero-order valence-corrected chi connectivity index (χ0v) is 17.2.